The van der Waals surface area contributed by atoms with Crippen LogP contribution in [0.5, 0.6) is 5.75 Å². The number of carbonyl (C=O) groups is 1. The van der Waals surface area contributed by atoms with Crippen molar-refractivity contribution in [1.29, 1.82) is 0 Å². The molecule has 33 heavy (non-hydrogen) atoms. The highest BCUT2D eigenvalue weighted by Gasteiger charge is 2.13. The van der Waals surface area contributed by atoms with Crippen LogP contribution in [0.1, 0.15) is 28.8 Å². The van der Waals surface area contributed by atoms with Crippen LogP contribution in [0.3, 0.4) is 0 Å². The van der Waals surface area contributed by atoms with Crippen LogP contribution < -0.4 is 15.4 Å². The number of carbonyl (C=O) groups excluding carboxylic acids is 1. The van der Waals surface area contributed by atoms with E-state index in [1.807, 2.05) is 60.7 Å². The first-order valence-electron chi connectivity index (χ1n) is 11.4. The topological polar surface area (TPSA) is 79.4 Å². The van der Waals surface area contributed by atoms with Gasteiger partial charge in [-0.15, -0.1) is 0 Å². The lowest BCUT2D eigenvalue weighted by molar-refractivity contribution is 0.0949. The molecule has 2 aliphatic rings. The van der Waals surface area contributed by atoms with Crippen molar-refractivity contribution in [2.24, 2.45) is 0 Å². The monoisotopic (exact) mass is 441 g/mol. The first kappa shape index (κ1) is 21.2. The molecule has 1 amide bonds. The number of hydrogen-bond acceptors (Lipinski definition) is 6. The standard InChI is InChI=1S/C26H27N5O2/c32-25(27-10-13-31-11-1-2-12-31)21-15-19-5-4-14-33-23-7-3-6-20(18-23)24-8-9-28-26(30-24)29-22(16-19)17-21/h3-9,15-18H,1-2,10-14H2,(H,27,32)(H,28,29,30). The van der Waals surface area contributed by atoms with Crippen molar-refractivity contribution in [2.75, 3.05) is 38.1 Å². The van der Waals surface area contributed by atoms with Crippen LogP contribution in [0.15, 0.2) is 60.8 Å². The summed E-state index contributed by atoms with van der Waals surface area (Å²) >= 11 is 0. The molecule has 0 atom stereocenters. The third-order valence-corrected chi connectivity index (χ3v) is 5.83. The number of likely N-dealkylation sites (tertiary alicyclic amines) is 1. The highest BCUT2D eigenvalue weighted by molar-refractivity contribution is 5.96. The number of hydrogen-bond donors (Lipinski definition) is 2. The molecule has 168 valence electrons. The first-order chi connectivity index (χ1) is 16.2. The molecule has 0 aliphatic carbocycles. The molecule has 2 aliphatic heterocycles. The highest BCUT2D eigenvalue weighted by atomic mass is 16.5. The Morgan fingerprint density at radius 1 is 1.12 bits per heavy atom. The van der Waals surface area contributed by atoms with Gasteiger partial charge in [0.05, 0.1) is 5.69 Å². The molecule has 0 saturated carbocycles. The lowest BCUT2D eigenvalue weighted by Gasteiger charge is -2.15. The van der Waals surface area contributed by atoms with Gasteiger partial charge in [0.15, 0.2) is 0 Å². The van der Waals surface area contributed by atoms with E-state index in [0.717, 1.165) is 47.9 Å². The summed E-state index contributed by atoms with van der Waals surface area (Å²) in [6.45, 7) is 4.18. The number of rotatable bonds is 4. The van der Waals surface area contributed by atoms with Crippen molar-refractivity contribution >= 4 is 23.6 Å². The number of nitrogens with zero attached hydrogens (tertiary/aromatic N) is 3. The Bertz CT molecular complexity index is 1170. The molecule has 1 aromatic heterocycles. The number of nitrogens with one attached hydrogen (secondary N) is 2. The Morgan fingerprint density at radius 3 is 2.94 bits per heavy atom. The summed E-state index contributed by atoms with van der Waals surface area (Å²) in [5, 5.41) is 6.32. The largest absolute Gasteiger partial charge is 0.490 e. The predicted molar refractivity (Wildman–Crippen MR) is 130 cm³/mol. The third-order valence-electron chi connectivity index (χ3n) is 5.83. The highest BCUT2D eigenvalue weighted by Crippen LogP contribution is 2.25. The molecule has 1 saturated heterocycles. The van der Waals surface area contributed by atoms with Crippen molar-refractivity contribution in [2.45, 2.75) is 12.8 Å². The van der Waals surface area contributed by atoms with Crippen molar-refractivity contribution in [3.63, 3.8) is 0 Å². The Labute approximate surface area is 193 Å². The average molecular weight is 442 g/mol. The fraction of sp³-hybridized carbons (Fsp3) is 0.269. The zero-order valence-corrected chi connectivity index (χ0v) is 18.5. The van der Waals surface area contributed by atoms with Gasteiger partial charge in [-0.05, 0) is 74.0 Å². The minimum absolute atomic E-state index is 0.0884. The molecular weight excluding hydrogens is 414 g/mol. The summed E-state index contributed by atoms with van der Waals surface area (Å²) in [6.07, 6.45) is 8.12. The van der Waals surface area contributed by atoms with Crippen LogP contribution in [0.4, 0.5) is 11.6 Å². The van der Waals surface area contributed by atoms with E-state index >= 15 is 0 Å². The van der Waals surface area contributed by atoms with E-state index in [1.165, 1.54) is 12.8 Å². The van der Waals surface area contributed by atoms with Gasteiger partial charge in [-0.2, -0.15) is 0 Å². The first-order valence-corrected chi connectivity index (χ1v) is 11.4. The summed E-state index contributed by atoms with van der Waals surface area (Å²) in [5.41, 5.74) is 3.99. The van der Waals surface area contributed by atoms with E-state index in [4.69, 9.17) is 4.74 Å². The van der Waals surface area contributed by atoms with Crippen molar-refractivity contribution in [3.05, 3.63) is 71.9 Å². The number of benzene rings is 2. The van der Waals surface area contributed by atoms with Gasteiger partial charge < -0.3 is 20.3 Å². The summed E-state index contributed by atoms with van der Waals surface area (Å²) < 4.78 is 5.88. The zero-order chi connectivity index (χ0) is 22.5. The van der Waals surface area contributed by atoms with Crippen molar-refractivity contribution in [3.8, 4) is 17.0 Å². The van der Waals surface area contributed by atoms with Crippen LogP contribution in [0, 0.1) is 0 Å². The van der Waals surface area contributed by atoms with E-state index in [1.54, 1.807) is 6.20 Å². The smallest absolute Gasteiger partial charge is 0.251 e. The second-order valence-electron chi connectivity index (χ2n) is 8.28. The molecule has 6 bridgehead atoms. The zero-order valence-electron chi connectivity index (χ0n) is 18.5. The van der Waals surface area contributed by atoms with Gasteiger partial charge in [0, 0.05) is 36.1 Å². The maximum atomic E-state index is 12.9. The summed E-state index contributed by atoms with van der Waals surface area (Å²) in [7, 11) is 0. The van der Waals surface area contributed by atoms with E-state index in [0.29, 0.717) is 24.7 Å². The molecule has 7 heteroatoms. The fourth-order valence-electron chi connectivity index (χ4n) is 4.17. The average Bonchev–Trinajstić information content (AvgIpc) is 3.35. The molecule has 1 fully saturated rings. The summed E-state index contributed by atoms with van der Waals surface area (Å²) in [4.78, 5) is 24.3. The molecule has 3 heterocycles. The van der Waals surface area contributed by atoms with Gasteiger partial charge >= 0.3 is 0 Å². The number of amides is 1. The molecule has 2 N–H and O–H groups in total. The van der Waals surface area contributed by atoms with Crippen LogP contribution in [-0.2, 0) is 0 Å². The van der Waals surface area contributed by atoms with Gasteiger partial charge in [0.2, 0.25) is 5.95 Å². The second kappa shape index (κ2) is 9.83. The summed E-state index contributed by atoms with van der Waals surface area (Å²) in [6, 6.07) is 15.4. The van der Waals surface area contributed by atoms with E-state index in [2.05, 4.69) is 25.5 Å². The lowest BCUT2D eigenvalue weighted by atomic mass is 10.1. The SMILES string of the molecule is O=C(NCCN1CCCC1)c1cc2cc(c1)Nc1nccc(n1)-c1cccc(c1)OCC=C2. The summed E-state index contributed by atoms with van der Waals surface area (Å²) in [5.74, 6) is 1.15. The molecular formula is C26H27N5O2. The molecule has 0 unspecified atom stereocenters. The second-order valence-corrected chi connectivity index (χ2v) is 8.28. The maximum Gasteiger partial charge on any atom is 0.251 e. The molecule has 0 spiro atoms. The van der Waals surface area contributed by atoms with Crippen LogP contribution >= 0.6 is 0 Å². The quantitative estimate of drug-likeness (QED) is 0.634. The Kier molecular flexibility index (Phi) is 6.30. The number of ether oxygens (including phenoxy) is 1. The molecule has 2 aromatic carbocycles. The number of fused-ring (bicyclic) bond motifs is 7. The van der Waals surface area contributed by atoms with Crippen LogP contribution in [0.2, 0.25) is 0 Å². The predicted octanol–water partition coefficient (Wildman–Crippen LogP) is 4.12. The van der Waals surface area contributed by atoms with Gasteiger partial charge in [-0.3, -0.25) is 4.79 Å². The van der Waals surface area contributed by atoms with Gasteiger partial charge in [-0.25, -0.2) is 9.97 Å². The Morgan fingerprint density at radius 2 is 2.03 bits per heavy atom. The number of anilines is 2. The van der Waals surface area contributed by atoms with Gasteiger partial charge in [0.25, 0.3) is 5.91 Å². The minimum atomic E-state index is -0.0884. The van der Waals surface area contributed by atoms with Gasteiger partial charge in [-0.1, -0.05) is 18.2 Å². The van der Waals surface area contributed by atoms with E-state index < -0.39 is 0 Å². The van der Waals surface area contributed by atoms with Crippen LogP contribution in [0.25, 0.3) is 17.3 Å². The van der Waals surface area contributed by atoms with E-state index in [-0.39, 0.29) is 5.91 Å². The lowest BCUT2D eigenvalue weighted by Crippen LogP contribution is -2.33. The normalized spacial score (nSPS) is 15.3. The number of aromatic nitrogens is 2. The van der Waals surface area contributed by atoms with Crippen molar-refractivity contribution < 1.29 is 9.53 Å². The maximum absolute atomic E-state index is 12.9. The van der Waals surface area contributed by atoms with Gasteiger partial charge in [0.1, 0.15) is 12.4 Å². The molecule has 7 nitrogen and oxygen atoms in total. The van der Waals surface area contributed by atoms with Crippen LogP contribution in [-0.4, -0.2) is 53.6 Å². The Balaban J connectivity index is 1.40. The van der Waals surface area contributed by atoms with Crippen molar-refractivity contribution in [1.82, 2.24) is 20.2 Å². The van der Waals surface area contributed by atoms with E-state index in [9.17, 15) is 4.79 Å². The third kappa shape index (κ3) is 5.38. The Hall–Kier alpha value is -3.71. The molecule has 0 radical (unpaired) electrons. The molecule has 5 rings (SSSR count). The minimum Gasteiger partial charge on any atom is -0.490 e. The fourth-order valence-corrected chi connectivity index (χ4v) is 4.17. The molecule has 3 aromatic rings.